The molecule has 0 bridgehead atoms. The molecule has 0 amide bonds. The molecule has 2 rings (SSSR count). The summed E-state index contributed by atoms with van der Waals surface area (Å²) in [5.41, 5.74) is 0.840. The lowest BCUT2D eigenvalue weighted by atomic mass is 10.0. The van der Waals surface area contributed by atoms with Crippen molar-refractivity contribution in [1.29, 1.82) is 0 Å². The van der Waals surface area contributed by atoms with Crippen molar-refractivity contribution in [2.75, 3.05) is 13.4 Å². The summed E-state index contributed by atoms with van der Waals surface area (Å²) in [5, 5.41) is 0. The summed E-state index contributed by atoms with van der Waals surface area (Å²) in [5.74, 6) is 0.780. The molecular weight excluding hydrogens is 288 g/mol. The molecule has 1 aliphatic rings. The van der Waals surface area contributed by atoms with Crippen LogP contribution in [0.1, 0.15) is 25.3 Å². The third-order valence-electron chi connectivity index (χ3n) is 2.60. The average Bonchev–Trinajstić information content (AvgIpc) is 2.74. The molecule has 0 saturated heterocycles. The average molecular weight is 301 g/mol. The van der Waals surface area contributed by atoms with Crippen LogP contribution in [0.4, 0.5) is 0 Å². The van der Waals surface area contributed by atoms with E-state index in [1.54, 1.807) is 13.8 Å². The van der Waals surface area contributed by atoms with Crippen molar-refractivity contribution >= 4 is 21.9 Å². The molecule has 4 nitrogen and oxygen atoms in total. The number of carbonyl (C=O) groups is 1. The van der Waals surface area contributed by atoms with Crippen molar-refractivity contribution in [3.05, 3.63) is 22.2 Å². The van der Waals surface area contributed by atoms with E-state index in [-0.39, 0.29) is 18.7 Å². The summed E-state index contributed by atoms with van der Waals surface area (Å²) in [4.78, 5) is 11.7. The number of hydrogen-bond donors (Lipinski definition) is 0. The maximum atomic E-state index is 11.7. The quantitative estimate of drug-likeness (QED) is 0.805. The van der Waals surface area contributed by atoms with E-state index in [0.29, 0.717) is 18.1 Å². The van der Waals surface area contributed by atoms with Crippen molar-refractivity contribution in [2.24, 2.45) is 0 Å². The Morgan fingerprint density at radius 3 is 2.76 bits per heavy atom. The standard InChI is InChI=1S/C12H13BrO4/c1-3-15-12(14)7(2)8-4-10-11(5-9(8)13)17-6-16-10/h4-5,7H,3,6H2,1-2H3. The molecule has 1 aromatic carbocycles. The van der Waals surface area contributed by atoms with E-state index in [1.807, 2.05) is 12.1 Å². The highest BCUT2D eigenvalue weighted by Crippen LogP contribution is 2.39. The van der Waals surface area contributed by atoms with Gasteiger partial charge < -0.3 is 14.2 Å². The van der Waals surface area contributed by atoms with Crippen molar-refractivity contribution in [1.82, 2.24) is 0 Å². The third-order valence-corrected chi connectivity index (χ3v) is 3.29. The molecule has 1 aliphatic heterocycles. The number of esters is 1. The number of benzene rings is 1. The highest BCUT2D eigenvalue weighted by atomic mass is 79.9. The van der Waals surface area contributed by atoms with Gasteiger partial charge in [0.05, 0.1) is 12.5 Å². The van der Waals surface area contributed by atoms with Crippen molar-refractivity contribution in [3.63, 3.8) is 0 Å². The first-order valence-corrected chi connectivity index (χ1v) is 6.18. The summed E-state index contributed by atoms with van der Waals surface area (Å²) >= 11 is 3.43. The van der Waals surface area contributed by atoms with Crippen LogP contribution in [-0.2, 0) is 9.53 Å². The Morgan fingerprint density at radius 2 is 2.12 bits per heavy atom. The Morgan fingerprint density at radius 1 is 1.47 bits per heavy atom. The van der Waals surface area contributed by atoms with Crippen LogP contribution in [0.5, 0.6) is 11.5 Å². The Labute approximate surface area is 108 Å². The van der Waals surface area contributed by atoms with Crippen LogP contribution >= 0.6 is 15.9 Å². The van der Waals surface area contributed by atoms with E-state index in [1.165, 1.54) is 0 Å². The molecule has 1 heterocycles. The molecule has 1 unspecified atom stereocenters. The van der Waals surface area contributed by atoms with E-state index in [4.69, 9.17) is 14.2 Å². The van der Waals surface area contributed by atoms with Gasteiger partial charge in [-0.1, -0.05) is 15.9 Å². The summed E-state index contributed by atoms with van der Waals surface area (Å²) < 4.78 is 16.4. The summed E-state index contributed by atoms with van der Waals surface area (Å²) in [6.07, 6.45) is 0. The lowest BCUT2D eigenvalue weighted by Gasteiger charge is -2.13. The van der Waals surface area contributed by atoms with Gasteiger partial charge in [0.15, 0.2) is 11.5 Å². The minimum absolute atomic E-state index is 0.221. The summed E-state index contributed by atoms with van der Waals surface area (Å²) in [6, 6.07) is 3.63. The zero-order valence-corrected chi connectivity index (χ0v) is 11.2. The van der Waals surface area contributed by atoms with Gasteiger partial charge >= 0.3 is 5.97 Å². The number of halogens is 1. The first kappa shape index (κ1) is 12.2. The number of fused-ring (bicyclic) bond motifs is 1. The van der Waals surface area contributed by atoms with Gasteiger partial charge in [-0.25, -0.2) is 0 Å². The molecule has 0 aromatic heterocycles. The smallest absolute Gasteiger partial charge is 0.313 e. The molecule has 92 valence electrons. The highest BCUT2D eigenvalue weighted by molar-refractivity contribution is 9.10. The second-order valence-electron chi connectivity index (χ2n) is 3.70. The van der Waals surface area contributed by atoms with Gasteiger partial charge in [-0.05, 0) is 31.5 Å². The molecule has 5 heteroatoms. The number of ether oxygens (including phenoxy) is 3. The predicted molar refractivity (Wildman–Crippen MR) is 65.3 cm³/mol. The van der Waals surface area contributed by atoms with Gasteiger partial charge in [0.1, 0.15) is 0 Å². The zero-order valence-electron chi connectivity index (χ0n) is 9.66. The molecule has 1 aromatic rings. The fourth-order valence-electron chi connectivity index (χ4n) is 1.66. The minimum Gasteiger partial charge on any atom is -0.466 e. The maximum absolute atomic E-state index is 11.7. The largest absolute Gasteiger partial charge is 0.466 e. The number of rotatable bonds is 3. The van der Waals surface area contributed by atoms with Gasteiger partial charge in [0.2, 0.25) is 6.79 Å². The Bertz CT molecular complexity index is 444. The van der Waals surface area contributed by atoms with E-state index in [9.17, 15) is 4.79 Å². The van der Waals surface area contributed by atoms with Crippen LogP contribution in [0.25, 0.3) is 0 Å². The van der Waals surface area contributed by atoms with Gasteiger partial charge in [-0.15, -0.1) is 0 Å². The normalized spacial score (nSPS) is 14.5. The molecule has 0 spiro atoms. The van der Waals surface area contributed by atoms with Crippen molar-refractivity contribution < 1.29 is 19.0 Å². The Hall–Kier alpha value is -1.23. The third kappa shape index (κ3) is 2.39. The molecule has 0 radical (unpaired) electrons. The SMILES string of the molecule is CCOC(=O)C(C)c1cc2c(cc1Br)OCO2. The molecular formula is C12H13BrO4. The second kappa shape index (κ2) is 4.96. The Balaban J connectivity index is 2.29. The number of hydrogen-bond acceptors (Lipinski definition) is 4. The van der Waals surface area contributed by atoms with Crippen LogP contribution < -0.4 is 9.47 Å². The topological polar surface area (TPSA) is 44.8 Å². The van der Waals surface area contributed by atoms with E-state index in [0.717, 1.165) is 10.0 Å². The van der Waals surface area contributed by atoms with Crippen LogP contribution in [0.15, 0.2) is 16.6 Å². The fourth-order valence-corrected chi connectivity index (χ4v) is 2.32. The lowest BCUT2D eigenvalue weighted by molar-refractivity contribution is -0.144. The minimum atomic E-state index is -0.334. The first-order chi connectivity index (χ1) is 8.13. The molecule has 17 heavy (non-hydrogen) atoms. The van der Waals surface area contributed by atoms with Crippen molar-refractivity contribution in [3.8, 4) is 11.5 Å². The van der Waals surface area contributed by atoms with Crippen molar-refractivity contribution in [2.45, 2.75) is 19.8 Å². The molecule has 0 saturated carbocycles. The molecule has 1 atom stereocenters. The predicted octanol–water partition coefficient (Wildman–Crippen LogP) is 2.84. The lowest BCUT2D eigenvalue weighted by Crippen LogP contribution is -2.13. The molecule has 0 N–H and O–H groups in total. The fraction of sp³-hybridized carbons (Fsp3) is 0.417. The number of carbonyl (C=O) groups excluding carboxylic acids is 1. The van der Waals surface area contributed by atoms with Crippen LogP contribution in [-0.4, -0.2) is 19.4 Å². The van der Waals surface area contributed by atoms with Gasteiger partial charge in [0.25, 0.3) is 0 Å². The highest BCUT2D eigenvalue weighted by Gasteiger charge is 2.23. The summed E-state index contributed by atoms with van der Waals surface area (Å²) in [6.45, 7) is 4.20. The first-order valence-electron chi connectivity index (χ1n) is 5.39. The van der Waals surface area contributed by atoms with Crippen LogP contribution in [0, 0.1) is 0 Å². The zero-order chi connectivity index (χ0) is 12.4. The van der Waals surface area contributed by atoms with Gasteiger partial charge in [-0.2, -0.15) is 0 Å². The van der Waals surface area contributed by atoms with Crippen LogP contribution in [0.3, 0.4) is 0 Å². The Kier molecular flexibility index (Phi) is 3.57. The van der Waals surface area contributed by atoms with E-state index in [2.05, 4.69) is 15.9 Å². The van der Waals surface area contributed by atoms with Gasteiger partial charge in [-0.3, -0.25) is 4.79 Å². The second-order valence-corrected chi connectivity index (χ2v) is 4.56. The van der Waals surface area contributed by atoms with E-state index < -0.39 is 0 Å². The maximum Gasteiger partial charge on any atom is 0.313 e. The van der Waals surface area contributed by atoms with E-state index >= 15 is 0 Å². The monoisotopic (exact) mass is 300 g/mol. The van der Waals surface area contributed by atoms with Crippen LogP contribution in [0.2, 0.25) is 0 Å². The molecule has 0 aliphatic carbocycles. The van der Waals surface area contributed by atoms with Gasteiger partial charge in [0, 0.05) is 4.47 Å². The molecule has 0 fully saturated rings. The summed E-state index contributed by atoms with van der Waals surface area (Å²) in [7, 11) is 0.